The molecular formula is C26H34N4O4. The number of benzene rings is 1. The number of carbonyl (C=O) groups excluding carboxylic acids is 3. The highest BCUT2D eigenvalue weighted by molar-refractivity contribution is 6.39. The van der Waals surface area contributed by atoms with Crippen molar-refractivity contribution in [2.45, 2.75) is 52.5 Å². The Morgan fingerprint density at radius 2 is 1.85 bits per heavy atom. The minimum atomic E-state index is -0.689. The van der Waals surface area contributed by atoms with E-state index < -0.39 is 11.8 Å². The molecule has 0 saturated carbocycles. The summed E-state index contributed by atoms with van der Waals surface area (Å²) >= 11 is 0. The van der Waals surface area contributed by atoms with Crippen molar-refractivity contribution in [1.82, 2.24) is 10.2 Å². The van der Waals surface area contributed by atoms with Crippen molar-refractivity contribution in [3.8, 4) is 0 Å². The predicted octanol–water partition coefficient (Wildman–Crippen LogP) is 3.38. The van der Waals surface area contributed by atoms with Crippen molar-refractivity contribution in [3.63, 3.8) is 0 Å². The van der Waals surface area contributed by atoms with Crippen LogP contribution < -0.4 is 15.5 Å². The molecule has 2 aromatic rings. The number of likely N-dealkylation sites (tertiary alicyclic amines) is 1. The number of hydrogen-bond acceptors (Lipinski definition) is 5. The van der Waals surface area contributed by atoms with Crippen molar-refractivity contribution in [3.05, 3.63) is 47.4 Å². The second-order valence-electron chi connectivity index (χ2n) is 9.37. The van der Waals surface area contributed by atoms with Gasteiger partial charge in [0.25, 0.3) is 0 Å². The van der Waals surface area contributed by atoms with Crippen molar-refractivity contribution in [1.29, 1.82) is 0 Å². The molecular weight excluding hydrogens is 432 g/mol. The zero-order chi connectivity index (χ0) is 24.1. The second kappa shape index (κ2) is 10.9. The average molecular weight is 467 g/mol. The molecule has 2 fully saturated rings. The molecule has 1 aromatic carbocycles. The zero-order valence-corrected chi connectivity index (χ0v) is 20.1. The van der Waals surface area contributed by atoms with Crippen molar-refractivity contribution in [2.75, 3.05) is 36.4 Å². The molecule has 0 spiro atoms. The van der Waals surface area contributed by atoms with Crippen LogP contribution in [0.4, 0.5) is 11.4 Å². The van der Waals surface area contributed by atoms with E-state index in [1.165, 1.54) is 5.56 Å². The fourth-order valence-corrected chi connectivity index (χ4v) is 4.77. The summed E-state index contributed by atoms with van der Waals surface area (Å²) in [4.78, 5) is 41.1. The fourth-order valence-electron chi connectivity index (χ4n) is 4.77. The molecule has 2 aliphatic heterocycles. The van der Waals surface area contributed by atoms with Gasteiger partial charge >= 0.3 is 11.8 Å². The molecule has 1 aromatic heterocycles. The third-order valence-corrected chi connectivity index (χ3v) is 6.74. The summed E-state index contributed by atoms with van der Waals surface area (Å²) in [6.07, 6.45) is 4.37. The number of amides is 3. The highest BCUT2D eigenvalue weighted by atomic mass is 16.3. The quantitative estimate of drug-likeness (QED) is 0.637. The third-order valence-electron chi connectivity index (χ3n) is 6.74. The highest BCUT2D eigenvalue weighted by Gasteiger charge is 2.23. The Balaban J connectivity index is 1.21. The topological polar surface area (TPSA) is 94.9 Å². The predicted molar refractivity (Wildman–Crippen MR) is 130 cm³/mol. The molecule has 34 heavy (non-hydrogen) atoms. The van der Waals surface area contributed by atoms with Crippen molar-refractivity contribution in [2.24, 2.45) is 5.92 Å². The number of nitrogens with one attached hydrogen (secondary N) is 2. The fraction of sp³-hybridized carbons (Fsp3) is 0.500. The van der Waals surface area contributed by atoms with E-state index in [1.54, 1.807) is 23.1 Å². The number of aryl methyl sites for hydroxylation is 2. The van der Waals surface area contributed by atoms with Gasteiger partial charge in [0.15, 0.2) is 0 Å². The lowest BCUT2D eigenvalue weighted by Crippen LogP contribution is -2.41. The van der Waals surface area contributed by atoms with Crippen LogP contribution in [0.1, 0.15) is 49.2 Å². The lowest BCUT2D eigenvalue weighted by Gasteiger charge is -2.31. The maximum atomic E-state index is 12.4. The summed E-state index contributed by atoms with van der Waals surface area (Å²) < 4.78 is 5.62. The lowest BCUT2D eigenvalue weighted by atomic mass is 9.96. The van der Waals surface area contributed by atoms with Gasteiger partial charge in [-0.1, -0.05) is 6.07 Å². The van der Waals surface area contributed by atoms with Crippen LogP contribution >= 0.6 is 0 Å². The SMILES string of the molecule is Cc1cc(CN2CCC(CNC(=O)C(=O)Nc3cccc(N4CCCCC4=O)c3)CC2)c(C)o1. The Hall–Kier alpha value is -3.13. The van der Waals surface area contributed by atoms with Crippen LogP contribution in [0, 0.1) is 19.8 Å². The molecule has 0 atom stereocenters. The van der Waals surface area contributed by atoms with Gasteiger partial charge in [-0.05, 0) is 82.8 Å². The van der Waals surface area contributed by atoms with Crippen LogP contribution in [0.3, 0.4) is 0 Å². The van der Waals surface area contributed by atoms with Crippen LogP contribution in [-0.2, 0) is 20.9 Å². The molecule has 2 aliphatic rings. The van der Waals surface area contributed by atoms with E-state index in [0.29, 0.717) is 31.1 Å². The van der Waals surface area contributed by atoms with Gasteiger partial charge in [0.2, 0.25) is 5.91 Å². The summed E-state index contributed by atoms with van der Waals surface area (Å²) in [6, 6.07) is 9.20. The smallest absolute Gasteiger partial charge is 0.313 e. The Morgan fingerprint density at radius 1 is 1.06 bits per heavy atom. The first-order valence-electron chi connectivity index (χ1n) is 12.2. The van der Waals surface area contributed by atoms with Gasteiger partial charge in [-0.25, -0.2) is 0 Å². The molecule has 0 unspecified atom stereocenters. The van der Waals surface area contributed by atoms with Crippen LogP contribution in [0.25, 0.3) is 0 Å². The molecule has 2 N–H and O–H groups in total. The van der Waals surface area contributed by atoms with E-state index in [9.17, 15) is 14.4 Å². The summed E-state index contributed by atoms with van der Waals surface area (Å²) in [6.45, 7) is 7.93. The standard InChI is InChI=1S/C26H34N4O4/c1-18-14-21(19(2)34-18)17-29-12-9-20(10-13-29)16-27-25(32)26(33)28-22-6-5-7-23(15-22)30-11-4-3-8-24(30)31/h5-7,14-15,20H,3-4,8-13,16-17H2,1-2H3,(H,27,32)(H,28,33). The molecule has 3 heterocycles. The molecule has 3 amide bonds. The van der Waals surface area contributed by atoms with Gasteiger partial charge in [-0.2, -0.15) is 0 Å². The molecule has 4 rings (SSSR count). The number of carbonyl (C=O) groups is 3. The molecule has 0 aliphatic carbocycles. The Morgan fingerprint density at radius 3 is 2.56 bits per heavy atom. The molecule has 8 heteroatoms. The summed E-state index contributed by atoms with van der Waals surface area (Å²) in [5, 5.41) is 5.44. The average Bonchev–Trinajstić information content (AvgIpc) is 3.15. The van der Waals surface area contributed by atoms with Crippen molar-refractivity contribution < 1.29 is 18.8 Å². The largest absolute Gasteiger partial charge is 0.466 e. The zero-order valence-electron chi connectivity index (χ0n) is 20.1. The first-order valence-corrected chi connectivity index (χ1v) is 12.2. The molecule has 8 nitrogen and oxygen atoms in total. The first kappa shape index (κ1) is 24.0. The lowest BCUT2D eigenvalue weighted by molar-refractivity contribution is -0.136. The number of nitrogens with zero attached hydrogens (tertiary/aromatic N) is 2. The number of rotatable bonds is 6. The number of anilines is 2. The van der Waals surface area contributed by atoms with Gasteiger partial charge in [-0.3, -0.25) is 19.3 Å². The molecule has 182 valence electrons. The normalized spacial score (nSPS) is 17.6. The van der Waals surface area contributed by atoms with Crippen LogP contribution in [0.15, 0.2) is 34.7 Å². The molecule has 2 saturated heterocycles. The highest BCUT2D eigenvalue weighted by Crippen LogP contribution is 2.24. The Labute approximate surface area is 200 Å². The summed E-state index contributed by atoms with van der Waals surface area (Å²) in [5.41, 5.74) is 2.49. The minimum absolute atomic E-state index is 0.0912. The number of hydrogen-bond donors (Lipinski definition) is 2. The van der Waals surface area contributed by atoms with Gasteiger partial charge in [-0.15, -0.1) is 0 Å². The van der Waals surface area contributed by atoms with Crippen molar-refractivity contribution >= 4 is 29.1 Å². The second-order valence-corrected chi connectivity index (χ2v) is 9.37. The third kappa shape index (κ3) is 6.05. The monoisotopic (exact) mass is 466 g/mol. The van der Waals surface area contributed by atoms with Gasteiger partial charge in [0.1, 0.15) is 11.5 Å². The summed E-state index contributed by atoms with van der Waals surface area (Å²) in [7, 11) is 0. The Kier molecular flexibility index (Phi) is 7.67. The molecule has 0 radical (unpaired) electrons. The van der Waals surface area contributed by atoms with E-state index >= 15 is 0 Å². The van der Waals surface area contributed by atoms with Gasteiger partial charge in [0, 0.05) is 43.0 Å². The van der Waals surface area contributed by atoms with E-state index in [1.807, 2.05) is 19.9 Å². The number of furan rings is 1. The first-order chi connectivity index (χ1) is 16.4. The maximum absolute atomic E-state index is 12.4. The minimum Gasteiger partial charge on any atom is -0.466 e. The van der Waals surface area contributed by atoms with E-state index in [0.717, 1.165) is 62.5 Å². The maximum Gasteiger partial charge on any atom is 0.313 e. The van der Waals surface area contributed by atoms with E-state index in [4.69, 9.17) is 4.42 Å². The van der Waals surface area contributed by atoms with Gasteiger partial charge < -0.3 is 20.0 Å². The molecule has 0 bridgehead atoms. The van der Waals surface area contributed by atoms with Crippen LogP contribution in [0.5, 0.6) is 0 Å². The van der Waals surface area contributed by atoms with Crippen LogP contribution in [0.2, 0.25) is 0 Å². The Bertz CT molecular complexity index is 1040. The summed E-state index contributed by atoms with van der Waals surface area (Å²) in [5.74, 6) is 1.04. The van der Waals surface area contributed by atoms with Gasteiger partial charge in [0.05, 0.1) is 0 Å². The van der Waals surface area contributed by atoms with E-state index in [-0.39, 0.29) is 5.91 Å². The number of piperidine rings is 2. The van der Waals surface area contributed by atoms with Crippen LogP contribution in [-0.4, -0.2) is 48.8 Å². The van der Waals surface area contributed by atoms with E-state index in [2.05, 4.69) is 21.6 Å².